The number of benzene rings is 10. The molecule has 10 aromatic carbocycles. The molecule has 0 atom stereocenters. The van der Waals surface area contributed by atoms with Gasteiger partial charge in [0.05, 0.1) is 41.6 Å². The SMILES string of the molecule is c1ccc(-c2ccc(Cc3ccc(-c4ccc(-c5ccc(-c6ccc(-c7ccccc7)nc6-c6ccccc6)cc5)c5c4CN=C(c4ccc(C6=Nc7ccccc7CN6c6ccccc6)cc4)S5)cc3)c(-c3ccccc3)n2)cc1. The summed E-state index contributed by atoms with van der Waals surface area (Å²) in [4.78, 5) is 24.7. The molecule has 2 aliphatic rings. The summed E-state index contributed by atoms with van der Waals surface area (Å²) in [5.74, 6) is 0.935. The van der Waals surface area contributed by atoms with E-state index in [0.717, 1.165) is 108 Å². The summed E-state index contributed by atoms with van der Waals surface area (Å²) in [6.07, 6.45) is 0.757. The largest absolute Gasteiger partial charge is 0.321 e. The Labute approximate surface area is 477 Å². The van der Waals surface area contributed by atoms with E-state index in [1.54, 1.807) is 11.8 Å². The zero-order chi connectivity index (χ0) is 53.9. The Hall–Kier alpha value is -10.0. The maximum Gasteiger partial charge on any atom is 0.141 e. The first kappa shape index (κ1) is 49.3. The standard InChI is InChI=1S/C75H53N5S/c1-6-18-55(19-7-1)69-46-42-61(71(77-69)57-22-10-3-11-23-57)48-51-30-32-52(33-31-51)64-43-44-66(54-36-34-53(35-37-54)65-45-47-70(56-20-8-2-9-21-56)78-72(65)58-24-12-4-13-25-58)73-67(64)49-76-75(81-73)60-40-38-59(39-41-60)74-79-68-29-17-16-26-62(68)50-80(74)63-27-14-5-15-28-63/h1-47H,48-50H2. The molecule has 5 nitrogen and oxygen atoms in total. The van der Waals surface area contributed by atoms with Gasteiger partial charge in [-0.05, 0) is 86.8 Å². The summed E-state index contributed by atoms with van der Waals surface area (Å²) < 4.78 is 0. The van der Waals surface area contributed by atoms with Gasteiger partial charge >= 0.3 is 0 Å². The van der Waals surface area contributed by atoms with Gasteiger partial charge in [0.25, 0.3) is 0 Å². The fourth-order valence-corrected chi connectivity index (χ4v) is 12.4. The van der Waals surface area contributed by atoms with Crippen LogP contribution in [0, 0.1) is 0 Å². The van der Waals surface area contributed by atoms with Crippen molar-refractivity contribution in [2.45, 2.75) is 24.4 Å². The molecule has 4 heterocycles. The monoisotopic (exact) mass is 1060 g/mol. The highest BCUT2D eigenvalue weighted by atomic mass is 32.2. The van der Waals surface area contributed by atoms with Crippen LogP contribution in [0.3, 0.4) is 0 Å². The van der Waals surface area contributed by atoms with E-state index in [1.807, 2.05) is 12.1 Å². The molecule has 0 bridgehead atoms. The zero-order valence-corrected chi connectivity index (χ0v) is 45.2. The molecule has 0 N–H and O–H groups in total. The van der Waals surface area contributed by atoms with Gasteiger partial charge in [0.1, 0.15) is 10.9 Å². The molecular weight excluding hydrogens is 1000 g/mol. The molecule has 2 aliphatic heterocycles. The van der Waals surface area contributed by atoms with Crippen LogP contribution in [0.1, 0.15) is 33.4 Å². The molecule has 384 valence electrons. The van der Waals surface area contributed by atoms with E-state index in [0.29, 0.717) is 6.54 Å². The van der Waals surface area contributed by atoms with Gasteiger partial charge in [-0.2, -0.15) is 0 Å². The van der Waals surface area contributed by atoms with E-state index in [2.05, 4.69) is 278 Å². The topological polar surface area (TPSA) is 53.7 Å². The Kier molecular flexibility index (Phi) is 13.4. The maximum atomic E-state index is 5.38. The molecule has 12 aromatic rings. The molecule has 6 heteroatoms. The van der Waals surface area contributed by atoms with Crippen LogP contribution in [0.15, 0.2) is 300 Å². The second-order valence-corrected chi connectivity index (χ2v) is 21.5. The van der Waals surface area contributed by atoms with Crippen molar-refractivity contribution in [3.05, 3.63) is 318 Å². The number of rotatable bonds is 12. The van der Waals surface area contributed by atoms with Gasteiger partial charge in [0, 0.05) is 49.5 Å². The van der Waals surface area contributed by atoms with Crippen LogP contribution in [0.5, 0.6) is 0 Å². The molecule has 0 saturated carbocycles. The number of aliphatic imine (C=N–C) groups is 2. The minimum Gasteiger partial charge on any atom is -0.321 e. The highest BCUT2D eigenvalue weighted by Crippen LogP contribution is 2.45. The van der Waals surface area contributed by atoms with E-state index in [4.69, 9.17) is 20.0 Å². The summed E-state index contributed by atoms with van der Waals surface area (Å²) in [7, 11) is 0. The van der Waals surface area contributed by atoms with Crippen molar-refractivity contribution < 1.29 is 0 Å². The average Bonchev–Trinajstić information content (AvgIpc) is 3.74. The highest BCUT2D eigenvalue weighted by molar-refractivity contribution is 8.14. The van der Waals surface area contributed by atoms with E-state index < -0.39 is 0 Å². The van der Waals surface area contributed by atoms with Gasteiger partial charge < -0.3 is 4.90 Å². The first-order valence-corrected chi connectivity index (χ1v) is 28.4. The van der Waals surface area contributed by atoms with E-state index in [9.17, 15) is 0 Å². The number of anilines is 1. The fourth-order valence-electron chi connectivity index (χ4n) is 11.2. The van der Waals surface area contributed by atoms with Crippen molar-refractivity contribution in [3.8, 4) is 78.4 Å². The number of fused-ring (bicyclic) bond motifs is 2. The van der Waals surface area contributed by atoms with Crippen molar-refractivity contribution in [3.63, 3.8) is 0 Å². The van der Waals surface area contributed by atoms with Crippen LogP contribution in [-0.4, -0.2) is 20.8 Å². The molecule has 14 rings (SSSR count). The summed E-state index contributed by atoms with van der Waals surface area (Å²) in [6, 6.07) is 101. The Bertz CT molecular complexity index is 4280. The van der Waals surface area contributed by atoms with Crippen LogP contribution in [0.2, 0.25) is 0 Å². The molecule has 0 spiro atoms. The Balaban J connectivity index is 0.811. The Morgan fingerprint density at radius 2 is 0.852 bits per heavy atom. The number of hydrogen-bond acceptors (Lipinski definition) is 6. The maximum absolute atomic E-state index is 5.38. The van der Waals surface area contributed by atoms with Crippen LogP contribution in [0.25, 0.3) is 78.4 Å². The molecular formula is C75H53N5S. The predicted molar refractivity (Wildman–Crippen MR) is 337 cm³/mol. The second kappa shape index (κ2) is 22.0. The number of nitrogens with zero attached hydrogens (tertiary/aromatic N) is 5. The minimum absolute atomic E-state index is 0.549. The van der Waals surface area contributed by atoms with Crippen molar-refractivity contribution in [2.24, 2.45) is 9.98 Å². The smallest absolute Gasteiger partial charge is 0.141 e. The molecule has 0 fully saturated rings. The Morgan fingerprint density at radius 1 is 0.370 bits per heavy atom. The molecule has 0 saturated heterocycles. The zero-order valence-electron chi connectivity index (χ0n) is 44.4. The van der Waals surface area contributed by atoms with Crippen molar-refractivity contribution in [1.82, 2.24) is 9.97 Å². The molecule has 81 heavy (non-hydrogen) atoms. The lowest BCUT2D eigenvalue weighted by Gasteiger charge is -2.31. The first-order valence-electron chi connectivity index (χ1n) is 27.5. The molecule has 0 radical (unpaired) electrons. The van der Waals surface area contributed by atoms with Crippen molar-refractivity contribution >= 4 is 34.0 Å². The predicted octanol–water partition coefficient (Wildman–Crippen LogP) is 18.9. The quantitative estimate of drug-likeness (QED) is 0.122. The highest BCUT2D eigenvalue weighted by Gasteiger charge is 2.26. The van der Waals surface area contributed by atoms with Gasteiger partial charge in [-0.15, -0.1) is 0 Å². The third-order valence-corrected chi connectivity index (χ3v) is 16.6. The summed E-state index contributed by atoms with van der Waals surface area (Å²) in [5.41, 5.74) is 24.3. The van der Waals surface area contributed by atoms with Crippen LogP contribution < -0.4 is 4.90 Å². The molecule has 0 unspecified atom stereocenters. The summed E-state index contributed by atoms with van der Waals surface area (Å²) in [5, 5.41) is 0.994. The Morgan fingerprint density at radius 3 is 1.51 bits per heavy atom. The number of hydrogen-bond donors (Lipinski definition) is 0. The third kappa shape index (κ3) is 10.1. The first-order chi connectivity index (χ1) is 40.1. The van der Waals surface area contributed by atoms with Crippen LogP contribution in [0.4, 0.5) is 11.4 Å². The summed E-state index contributed by atoms with van der Waals surface area (Å²) >= 11 is 1.77. The normalized spacial score (nSPS) is 12.7. The van der Waals surface area contributed by atoms with Crippen LogP contribution >= 0.6 is 11.8 Å². The van der Waals surface area contributed by atoms with E-state index in [-0.39, 0.29) is 0 Å². The second-order valence-electron chi connectivity index (χ2n) is 20.5. The van der Waals surface area contributed by atoms with E-state index in [1.165, 1.54) is 43.8 Å². The lowest BCUT2D eigenvalue weighted by Crippen LogP contribution is -2.33. The van der Waals surface area contributed by atoms with E-state index >= 15 is 0 Å². The van der Waals surface area contributed by atoms with Gasteiger partial charge in [-0.1, -0.05) is 267 Å². The lowest BCUT2D eigenvalue weighted by molar-refractivity contribution is 0.977. The number of amidine groups is 1. The molecule has 2 aromatic heterocycles. The van der Waals surface area contributed by atoms with Crippen LogP contribution in [-0.2, 0) is 19.5 Å². The number of pyridine rings is 2. The average molecular weight is 1060 g/mol. The summed E-state index contributed by atoms with van der Waals surface area (Å²) in [6.45, 7) is 1.30. The fraction of sp³-hybridized carbons (Fsp3) is 0.0400. The lowest BCUT2D eigenvalue weighted by atomic mass is 9.92. The van der Waals surface area contributed by atoms with Crippen molar-refractivity contribution in [1.29, 1.82) is 0 Å². The van der Waals surface area contributed by atoms with Gasteiger partial charge in [-0.3, -0.25) is 4.99 Å². The van der Waals surface area contributed by atoms with Gasteiger partial charge in [0.15, 0.2) is 0 Å². The molecule has 0 aliphatic carbocycles. The number of para-hydroxylation sites is 2. The molecule has 0 amide bonds. The minimum atomic E-state index is 0.549. The number of aromatic nitrogens is 2. The third-order valence-electron chi connectivity index (χ3n) is 15.4. The van der Waals surface area contributed by atoms with Gasteiger partial charge in [0.2, 0.25) is 0 Å². The van der Waals surface area contributed by atoms with Gasteiger partial charge in [-0.25, -0.2) is 15.0 Å². The number of thioether (sulfide) groups is 1. The van der Waals surface area contributed by atoms with Crippen molar-refractivity contribution in [2.75, 3.05) is 4.90 Å².